The van der Waals surface area contributed by atoms with E-state index in [1.807, 2.05) is 0 Å². The highest BCUT2D eigenvalue weighted by molar-refractivity contribution is 4.79. The van der Waals surface area contributed by atoms with Crippen molar-refractivity contribution in [3.8, 4) is 0 Å². The van der Waals surface area contributed by atoms with E-state index in [0.717, 1.165) is 0 Å². The molecule has 4 unspecified atom stereocenters. The summed E-state index contributed by atoms with van der Waals surface area (Å²) in [5, 5.41) is 52.2. The van der Waals surface area contributed by atoms with Gasteiger partial charge in [0, 0.05) is 0 Å². The predicted molar refractivity (Wildman–Crippen MR) is 59.9 cm³/mol. The highest BCUT2D eigenvalue weighted by atomic mass is 16.4. The molecule has 0 aromatic heterocycles. The molecule has 0 aliphatic rings. The maximum absolute atomic E-state index is 8.96. The van der Waals surface area contributed by atoms with Gasteiger partial charge in [-0.15, -0.1) is 0 Å². The number of rotatable bonds is 5. The molecule has 0 heterocycles. The molecule has 0 aromatic rings. The Hall–Kier alpha value is -0.480. The Morgan fingerprint density at radius 1 is 0.500 bits per heavy atom. The molecule has 0 amide bonds. The second kappa shape index (κ2) is 21.8. The third kappa shape index (κ3) is 13.6. The van der Waals surface area contributed by atoms with Crippen LogP contribution >= 0.6 is 0 Å². The Labute approximate surface area is 102 Å². The minimum atomic E-state index is -1.67. The van der Waals surface area contributed by atoms with Crippen molar-refractivity contribution in [1.82, 2.24) is 0 Å². The van der Waals surface area contributed by atoms with Gasteiger partial charge in [-0.05, 0) is 0 Å². The standard InChI is InChI=1S/C6H14O6.6H2O/c7-1-3(9)5(11)6(12)4(10)2-8;;;;;;/h3-12H,1-2H2;6*1H2. The van der Waals surface area contributed by atoms with E-state index in [9.17, 15) is 0 Å². The van der Waals surface area contributed by atoms with Crippen molar-refractivity contribution in [2.24, 2.45) is 0 Å². The lowest BCUT2D eigenvalue weighted by Crippen LogP contribution is -2.46. The molecule has 0 bridgehead atoms. The largest absolute Gasteiger partial charge is 0.412 e. The van der Waals surface area contributed by atoms with Crippen LogP contribution in [0.3, 0.4) is 0 Å². The zero-order valence-electron chi connectivity index (χ0n) is 9.41. The van der Waals surface area contributed by atoms with Crippen molar-refractivity contribution in [2.75, 3.05) is 13.2 Å². The molecule has 12 heteroatoms. The van der Waals surface area contributed by atoms with Gasteiger partial charge in [0.05, 0.1) is 13.2 Å². The third-order valence-electron chi connectivity index (χ3n) is 1.51. The Kier molecular flexibility index (Phi) is 52.3. The number of aliphatic hydroxyl groups is 6. The van der Waals surface area contributed by atoms with Gasteiger partial charge < -0.3 is 63.5 Å². The fourth-order valence-electron chi connectivity index (χ4n) is 0.671. The first-order valence-electron chi connectivity index (χ1n) is 3.48. The monoisotopic (exact) mass is 290 g/mol. The van der Waals surface area contributed by atoms with Crippen molar-refractivity contribution in [2.45, 2.75) is 24.4 Å². The highest BCUT2D eigenvalue weighted by Crippen LogP contribution is 2.03. The average Bonchev–Trinajstić information content (AvgIpc) is 2.12. The zero-order valence-corrected chi connectivity index (χ0v) is 9.41. The molecule has 0 saturated carbocycles. The number of hydrogen-bond donors (Lipinski definition) is 6. The average molecular weight is 290 g/mol. The van der Waals surface area contributed by atoms with Crippen LogP contribution in [0.1, 0.15) is 0 Å². The summed E-state index contributed by atoms with van der Waals surface area (Å²) in [6.45, 7) is -1.45. The van der Waals surface area contributed by atoms with Crippen LogP contribution in [-0.2, 0) is 0 Å². The molecule has 0 spiro atoms. The summed E-state index contributed by atoms with van der Waals surface area (Å²) < 4.78 is 0. The molecule has 0 radical (unpaired) electrons. The van der Waals surface area contributed by atoms with Crippen molar-refractivity contribution in [3.63, 3.8) is 0 Å². The first-order valence-corrected chi connectivity index (χ1v) is 3.48. The molecule has 0 fully saturated rings. The lowest BCUT2D eigenvalue weighted by molar-refractivity contribution is -0.123. The minimum absolute atomic E-state index is 0. The fraction of sp³-hybridized carbons (Fsp3) is 1.00. The maximum atomic E-state index is 8.96. The summed E-state index contributed by atoms with van der Waals surface area (Å²) in [5.74, 6) is 0. The number of aliphatic hydroxyl groups excluding tert-OH is 6. The topological polar surface area (TPSA) is 310 Å². The summed E-state index contributed by atoms with van der Waals surface area (Å²) in [7, 11) is 0. The van der Waals surface area contributed by atoms with Gasteiger partial charge in [0.15, 0.2) is 0 Å². The van der Waals surface area contributed by atoms with Gasteiger partial charge in [-0.2, -0.15) is 0 Å². The molecule has 0 aromatic carbocycles. The van der Waals surface area contributed by atoms with Gasteiger partial charge >= 0.3 is 0 Å². The Balaban J connectivity index is -0.0000000403. The smallest absolute Gasteiger partial charge is 0.111 e. The van der Waals surface area contributed by atoms with Crippen LogP contribution in [0.4, 0.5) is 0 Å². The van der Waals surface area contributed by atoms with E-state index in [2.05, 4.69) is 0 Å². The van der Waals surface area contributed by atoms with Crippen LogP contribution < -0.4 is 0 Å². The number of hydrogen-bond acceptors (Lipinski definition) is 6. The van der Waals surface area contributed by atoms with Gasteiger partial charge in [0.25, 0.3) is 0 Å². The van der Waals surface area contributed by atoms with E-state index >= 15 is 0 Å². The van der Waals surface area contributed by atoms with Crippen LogP contribution in [0.15, 0.2) is 0 Å². The fourth-order valence-corrected chi connectivity index (χ4v) is 0.671. The van der Waals surface area contributed by atoms with Gasteiger partial charge in [-0.3, -0.25) is 0 Å². The van der Waals surface area contributed by atoms with Crippen LogP contribution in [0.5, 0.6) is 0 Å². The minimum Gasteiger partial charge on any atom is -0.412 e. The Bertz CT molecular complexity index is 109. The van der Waals surface area contributed by atoms with Gasteiger partial charge in [-0.1, -0.05) is 0 Å². The SMILES string of the molecule is O.O.O.O.O.O.OCC(O)C(O)C(O)C(O)CO. The van der Waals surface area contributed by atoms with Crippen molar-refractivity contribution in [1.29, 1.82) is 0 Å². The summed E-state index contributed by atoms with van der Waals surface area (Å²) >= 11 is 0. The zero-order chi connectivity index (χ0) is 9.72. The van der Waals surface area contributed by atoms with Crippen LogP contribution in [-0.4, -0.2) is 101 Å². The van der Waals surface area contributed by atoms with Crippen molar-refractivity contribution in [3.05, 3.63) is 0 Å². The van der Waals surface area contributed by atoms with E-state index in [1.165, 1.54) is 0 Å². The van der Waals surface area contributed by atoms with E-state index < -0.39 is 37.6 Å². The molecular weight excluding hydrogens is 264 g/mol. The normalized spacial score (nSPS) is 14.3. The van der Waals surface area contributed by atoms with Gasteiger partial charge in [0.2, 0.25) is 0 Å². The second-order valence-electron chi connectivity index (χ2n) is 2.48. The molecule has 122 valence electrons. The molecule has 12 nitrogen and oxygen atoms in total. The van der Waals surface area contributed by atoms with E-state index in [1.54, 1.807) is 0 Å². The predicted octanol–water partition coefficient (Wildman–Crippen LogP) is -8.53. The summed E-state index contributed by atoms with van der Waals surface area (Å²) in [6, 6.07) is 0. The summed E-state index contributed by atoms with van der Waals surface area (Å²) in [6.07, 6.45) is -6.39. The highest BCUT2D eigenvalue weighted by Gasteiger charge is 2.29. The van der Waals surface area contributed by atoms with E-state index in [4.69, 9.17) is 30.6 Å². The lowest BCUT2D eigenvalue weighted by Gasteiger charge is -2.24. The second-order valence-corrected chi connectivity index (χ2v) is 2.48. The molecule has 0 aliphatic carbocycles. The lowest BCUT2D eigenvalue weighted by atomic mass is 10.0. The first kappa shape index (κ1) is 43.2. The molecule has 18 heavy (non-hydrogen) atoms. The van der Waals surface area contributed by atoms with Gasteiger partial charge in [-0.25, -0.2) is 0 Å². The van der Waals surface area contributed by atoms with Gasteiger partial charge in [0.1, 0.15) is 24.4 Å². The Morgan fingerprint density at radius 3 is 0.778 bits per heavy atom. The van der Waals surface area contributed by atoms with Crippen LogP contribution in [0.2, 0.25) is 0 Å². The first-order chi connectivity index (χ1) is 5.54. The molecule has 0 saturated heterocycles. The van der Waals surface area contributed by atoms with E-state index in [-0.39, 0.29) is 32.9 Å². The van der Waals surface area contributed by atoms with Crippen molar-refractivity contribution < 1.29 is 63.5 Å². The summed E-state index contributed by atoms with van der Waals surface area (Å²) in [5.41, 5.74) is 0. The van der Waals surface area contributed by atoms with Crippen LogP contribution in [0.25, 0.3) is 0 Å². The maximum Gasteiger partial charge on any atom is 0.111 e. The van der Waals surface area contributed by atoms with Crippen LogP contribution in [0, 0.1) is 0 Å². The van der Waals surface area contributed by atoms with E-state index in [0.29, 0.717) is 0 Å². The quantitative estimate of drug-likeness (QED) is 0.285. The molecule has 0 aliphatic heterocycles. The molecule has 4 atom stereocenters. The third-order valence-corrected chi connectivity index (χ3v) is 1.51. The molecular formula is C6H26O12. The Morgan fingerprint density at radius 2 is 0.667 bits per heavy atom. The molecule has 18 N–H and O–H groups in total. The molecule has 0 rings (SSSR count). The van der Waals surface area contributed by atoms with Crippen molar-refractivity contribution >= 4 is 0 Å². The summed E-state index contributed by atoms with van der Waals surface area (Å²) in [4.78, 5) is 0.